The molecule has 0 aliphatic heterocycles. The molecule has 0 radical (unpaired) electrons. The van der Waals surface area contributed by atoms with Gasteiger partial charge in [0.1, 0.15) is 5.03 Å². The van der Waals surface area contributed by atoms with Crippen molar-refractivity contribution in [1.29, 1.82) is 0 Å². The zero-order valence-corrected chi connectivity index (χ0v) is 12.4. The van der Waals surface area contributed by atoms with Gasteiger partial charge in [0.05, 0.1) is 11.5 Å². The van der Waals surface area contributed by atoms with Gasteiger partial charge >= 0.3 is 6.18 Å². The number of halogens is 3. The second kappa shape index (κ2) is 6.68. The summed E-state index contributed by atoms with van der Waals surface area (Å²) in [7, 11) is 0. The summed E-state index contributed by atoms with van der Waals surface area (Å²) in [6, 6.07) is 2.86. The molecule has 1 fully saturated rings. The van der Waals surface area contributed by atoms with Crippen LogP contribution in [0.3, 0.4) is 0 Å². The highest BCUT2D eigenvalue weighted by Gasteiger charge is 2.42. The Bertz CT molecular complexity index is 507. The minimum atomic E-state index is -4.18. The Morgan fingerprint density at radius 2 is 2.19 bits per heavy atom. The average Bonchev–Trinajstić information content (AvgIpc) is 2.46. The van der Waals surface area contributed by atoms with Gasteiger partial charge in [-0.05, 0) is 37.7 Å². The Kier molecular flexibility index (Phi) is 5.13. The molecule has 1 aromatic rings. The van der Waals surface area contributed by atoms with Crippen molar-refractivity contribution in [2.45, 2.75) is 42.9 Å². The van der Waals surface area contributed by atoms with Crippen LogP contribution in [0.4, 0.5) is 13.2 Å². The SMILES string of the molecule is CSc1ncccc1C(=O)N[C@H]1CCC[C@@H](C(F)(F)F)C1. The second-order valence-corrected chi connectivity index (χ2v) is 5.93. The molecule has 1 heterocycles. The number of rotatable bonds is 3. The number of alkyl halides is 3. The molecule has 0 bridgehead atoms. The Labute approximate surface area is 125 Å². The molecule has 1 saturated carbocycles. The molecule has 1 aromatic heterocycles. The zero-order chi connectivity index (χ0) is 15.5. The van der Waals surface area contributed by atoms with E-state index in [2.05, 4.69) is 10.3 Å². The molecule has 0 unspecified atom stereocenters. The third kappa shape index (κ3) is 4.12. The van der Waals surface area contributed by atoms with E-state index in [1.807, 2.05) is 0 Å². The molecular formula is C14H17F3N2OS. The van der Waals surface area contributed by atoms with Gasteiger partial charge in [-0.3, -0.25) is 4.79 Å². The van der Waals surface area contributed by atoms with Crippen LogP contribution in [-0.4, -0.2) is 29.4 Å². The highest BCUT2D eigenvalue weighted by atomic mass is 32.2. The quantitative estimate of drug-likeness (QED) is 0.865. The van der Waals surface area contributed by atoms with E-state index in [9.17, 15) is 18.0 Å². The first kappa shape index (κ1) is 16.1. The third-order valence-corrected chi connectivity index (χ3v) is 4.39. The first-order chi connectivity index (χ1) is 9.91. The fourth-order valence-corrected chi connectivity index (χ4v) is 3.15. The summed E-state index contributed by atoms with van der Waals surface area (Å²) in [5.74, 6) is -1.66. The van der Waals surface area contributed by atoms with Gasteiger partial charge < -0.3 is 5.32 Å². The lowest BCUT2D eigenvalue weighted by Crippen LogP contribution is -2.41. The molecule has 0 aromatic carbocycles. The van der Waals surface area contributed by atoms with Crippen molar-refractivity contribution < 1.29 is 18.0 Å². The lowest BCUT2D eigenvalue weighted by atomic mass is 9.85. The zero-order valence-electron chi connectivity index (χ0n) is 11.6. The van der Waals surface area contributed by atoms with Gasteiger partial charge in [-0.1, -0.05) is 6.42 Å². The van der Waals surface area contributed by atoms with Crippen molar-refractivity contribution in [3.63, 3.8) is 0 Å². The van der Waals surface area contributed by atoms with Crippen LogP contribution in [0.25, 0.3) is 0 Å². The largest absolute Gasteiger partial charge is 0.391 e. The van der Waals surface area contributed by atoms with E-state index in [1.165, 1.54) is 11.8 Å². The summed E-state index contributed by atoms with van der Waals surface area (Å²) in [6.45, 7) is 0. The highest BCUT2D eigenvalue weighted by molar-refractivity contribution is 7.98. The van der Waals surface area contributed by atoms with Crippen molar-refractivity contribution in [1.82, 2.24) is 10.3 Å². The van der Waals surface area contributed by atoms with Gasteiger partial charge in [0.15, 0.2) is 0 Å². The van der Waals surface area contributed by atoms with E-state index in [0.717, 1.165) is 0 Å². The summed E-state index contributed by atoms with van der Waals surface area (Å²) in [4.78, 5) is 16.3. The van der Waals surface area contributed by atoms with Crippen molar-refractivity contribution in [2.75, 3.05) is 6.26 Å². The molecule has 7 heteroatoms. The standard InChI is InChI=1S/C14H17F3N2OS/c1-21-13-11(6-3-7-18-13)12(20)19-10-5-2-4-9(8-10)14(15,16)17/h3,6-7,9-10H,2,4-5,8H2,1H3,(H,19,20)/t9-,10+/m1/s1. The molecule has 1 aliphatic rings. The molecule has 1 amide bonds. The Hall–Kier alpha value is -1.24. The van der Waals surface area contributed by atoms with Crippen LogP contribution >= 0.6 is 11.8 Å². The van der Waals surface area contributed by atoms with Crippen molar-refractivity contribution in [3.8, 4) is 0 Å². The molecule has 1 aliphatic carbocycles. The van der Waals surface area contributed by atoms with Crippen LogP contribution in [-0.2, 0) is 0 Å². The van der Waals surface area contributed by atoms with E-state index in [0.29, 0.717) is 23.4 Å². The van der Waals surface area contributed by atoms with Gasteiger partial charge in [-0.2, -0.15) is 13.2 Å². The highest BCUT2D eigenvalue weighted by Crippen LogP contribution is 2.37. The van der Waals surface area contributed by atoms with E-state index in [4.69, 9.17) is 0 Å². The fourth-order valence-electron chi connectivity index (χ4n) is 2.61. The van der Waals surface area contributed by atoms with Crippen molar-refractivity contribution in [2.24, 2.45) is 5.92 Å². The third-order valence-electron chi connectivity index (χ3n) is 3.68. The first-order valence-electron chi connectivity index (χ1n) is 6.78. The predicted octanol–water partition coefficient (Wildman–Crippen LogP) is 3.65. The summed E-state index contributed by atoms with van der Waals surface area (Å²) >= 11 is 1.34. The average molecular weight is 318 g/mol. The number of aromatic nitrogens is 1. The molecule has 0 saturated heterocycles. The van der Waals surface area contributed by atoms with Gasteiger partial charge in [-0.15, -0.1) is 11.8 Å². The molecule has 3 nitrogen and oxygen atoms in total. The van der Waals surface area contributed by atoms with Crippen LogP contribution in [0.15, 0.2) is 23.4 Å². The van der Waals surface area contributed by atoms with Crippen LogP contribution in [0.2, 0.25) is 0 Å². The first-order valence-corrected chi connectivity index (χ1v) is 8.01. The molecule has 21 heavy (non-hydrogen) atoms. The lowest BCUT2D eigenvalue weighted by molar-refractivity contribution is -0.183. The topological polar surface area (TPSA) is 42.0 Å². The van der Waals surface area contributed by atoms with Crippen LogP contribution < -0.4 is 5.32 Å². The van der Waals surface area contributed by atoms with Crippen molar-refractivity contribution >= 4 is 17.7 Å². The predicted molar refractivity (Wildman–Crippen MR) is 75.3 cm³/mol. The Morgan fingerprint density at radius 3 is 2.86 bits per heavy atom. The summed E-state index contributed by atoms with van der Waals surface area (Å²) in [5, 5.41) is 3.30. The van der Waals surface area contributed by atoms with Crippen LogP contribution in [0, 0.1) is 5.92 Å². The number of thioether (sulfide) groups is 1. The van der Waals surface area contributed by atoms with E-state index in [-0.39, 0.29) is 18.7 Å². The smallest absolute Gasteiger partial charge is 0.349 e. The molecule has 0 spiro atoms. The van der Waals surface area contributed by atoms with Gasteiger partial charge in [0, 0.05) is 12.2 Å². The molecule has 2 rings (SSSR count). The lowest BCUT2D eigenvalue weighted by Gasteiger charge is -2.31. The summed E-state index contributed by atoms with van der Waals surface area (Å²) in [5.41, 5.74) is 0.416. The monoisotopic (exact) mass is 318 g/mol. The minimum absolute atomic E-state index is 0.0376. The number of amides is 1. The maximum absolute atomic E-state index is 12.8. The Morgan fingerprint density at radius 1 is 1.43 bits per heavy atom. The van der Waals surface area contributed by atoms with Crippen LogP contribution in [0.5, 0.6) is 0 Å². The number of nitrogens with zero attached hydrogens (tertiary/aromatic N) is 1. The number of carbonyl (C=O) groups excluding carboxylic acids is 1. The minimum Gasteiger partial charge on any atom is -0.349 e. The van der Waals surface area contributed by atoms with E-state index in [1.54, 1.807) is 24.6 Å². The summed E-state index contributed by atoms with van der Waals surface area (Å²) < 4.78 is 38.3. The van der Waals surface area contributed by atoms with E-state index < -0.39 is 18.1 Å². The number of hydrogen-bond acceptors (Lipinski definition) is 3. The number of nitrogens with one attached hydrogen (secondary N) is 1. The second-order valence-electron chi connectivity index (χ2n) is 5.14. The fraction of sp³-hybridized carbons (Fsp3) is 0.571. The normalized spacial score (nSPS) is 22.9. The molecular weight excluding hydrogens is 301 g/mol. The number of pyridine rings is 1. The molecule has 116 valence electrons. The van der Waals surface area contributed by atoms with Crippen molar-refractivity contribution in [3.05, 3.63) is 23.9 Å². The Balaban J connectivity index is 2.02. The van der Waals surface area contributed by atoms with Gasteiger partial charge in [0.25, 0.3) is 5.91 Å². The van der Waals surface area contributed by atoms with E-state index >= 15 is 0 Å². The van der Waals surface area contributed by atoms with Gasteiger partial charge in [0.2, 0.25) is 0 Å². The van der Waals surface area contributed by atoms with Crippen LogP contribution in [0.1, 0.15) is 36.0 Å². The molecule has 2 atom stereocenters. The van der Waals surface area contributed by atoms with Gasteiger partial charge in [-0.25, -0.2) is 4.98 Å². The maximum Gasteiger partial charge on any atom is 0.391 e. The summed E-state index contributed by atoms with van der Waals surface area (Å²) in [6.07, 6.45) is 0.401. The number of carbonyl (C=O) groups is 1. The maximum atomic E-state index is 12.8. The molecule has 1 N–H and O–H groups in total. The number of hydrogen-bond donors (Lipinski definition) is 1.